The summed E-state index contributed by atoms with van der Waals surface area (Å²) in [6, 6.07) is -0.647. The first-order valence-electron chi connectivity index (χ1n) is 23.4. The summed E-state index contributed by atoms with van der Waals surface area (Å²) < 4.78 is 0. The molecule has 53 heavy (non-hydrogen) atoms. The zero-order valence-corrected chi connectivity index (χ0v) is 35.5. The number of amides is 1. The molecule has 2 unspecified atom stereocenters. The minimum Gasteiger partial charge on any atom is -0.394 e. The molecule has 0 rings (SSSR count). The Morgan fingerprint density at radius 2 is 0.736 bits per heavy atom. The van der Waals surface area contributed by atoms with Crippen LogP contribution in [0.3, 0.4) is 0 Å². The Balaban J connectivity index is 3.60. The number of aliphatic hydroxyl groups excluding tert-OH is 2. The van der Waals surface area contributed by atoms with Crippen LogP contribution in [0.15, 0.2) is 48.6 Å². The summed E-state index contributed by atoms with van der Waals surface area (Å²) in [5.41, 5.74) is 0. The first-order chi connectivity index (χ1) is 26.2. The number of carbonyl (C=O) groups is 1. The van der Waals surface area contributed by atoms with Gasteiger partial charge in [-0.05, 0) is 70.6 Å². The van der Waals surface area contributed by atoms with Crippen molar-refractivity contribution in [3.05, 3.63) is 48.6 Å². The van der Waals surface area contributed by atoms with Gasteiger partial charge in [-0.1, -0.05) is 210 Å². The number of unbranched alkanes of at least 4 members (excludes halogenated alkanes) is 29. The lowest BCUT2D eigenvalue weighted by Crippen LogP contribution is -2.45. The number of carbonyl (C=O) groups excluding carboxylic acids is 1. The molecule has 4 heteroatoms. The Bertz CT molecular complexity index is 847. The van der Waals surface area contributed by atoms with Gasteiger partial charge in [0.25, 0.3) is 0 Å². The first kappa shape index (κ1) is 51.4. The minimum atomic E-state index is -0.871. The maximum absolute atomic E-state index is 12.4. The van der Waals surface area contributed by atoms with Gasteiger partial charge in [-0.25, -0.2) is 0 Å². The third-order valence-corrected chi connectivity index (χ3v) is 10.5. The van der Waals surface area contributed by atoms with Crippen LogP contribution in [0, 0.1) is 0 Å². The van der Waals surface area contributed by atoms with E-state index in [9.17, 15) is 15.0 Å². The Kier molecular flexibility index (Phi) is 43.4. The summed E-state index contributed by atoms with van der Waals surface area (Å²) in [5, 5.41) is 23.0. The Labute approximate surface area is 331 Å². The predicted molar refractivity (Wildman–Crippen MR) is 235 cm³/mol. The van der Waals surface area contributed by atoms with E-state index in [2.05, 4.69) is 55.6 Å². The highest BCUT2D eigenvalue weighted by atomic mass is 16.3. The van der Waals surface area contributed by atoms with E-state index >= 15 is 0 Å². The molecule has 0 aromatic heterocycles. The van der Waals surface area contributed by atoms with E-state index in [0.717, 1.165) is 38.5 Å². The molecule has 0 aromatic carbocycles. The topological polar surface area (TPSA) is 69.6 Å². The van der Waals surface area contributed by atoms with Crippen LogP contribution in [-0.2, 0) is 4.79 Å². The van der Waals surface area contributed by atoms with Gasteiger partial charge in [-0.3, -0.25) is 4.79 Å². The number of nitrogens with one attached hydrogen (secondary N) is 1. The fraction of sp³-hybridized carbons (Fsp3) is 0.816. The second kappa shape index (κ2) is 44.7. The second-order valence-electron chi connectivity index (χ2n) is 15.8. The molecule has 3 N–H and O–H groups in total. The average molecular weight is 742 g/mol. The summed E-state index contributed by atoms with van der Waals surface area (Å²) in [7, 11) is 0. The minimum absolute atomic E-state index is 0.0808. The van der Waals surface area contributed by atoms with Crippen LogP contribution >= 0.6 is 0 Å². The van der Waals surface area contributed by atoms with Crippen molar-refractivity contribution in [3.63, 3.8) is 0 Å². The molecular formula is C49H91NO3. The third-order valence-electron chi connectivity index (χ3n) is 10.5. The number of aliphatic hydroxyl groups is 2. The molecule has 0 fully saturated rings. The molecule has 0 saturated heterocycles. The molecule has 0 saturated carbocycles. The van der Waals surface area contributed by atoms with Gasteiger partial charge in [0.1, 0.15) is 0 Å². The molecule has 4 nitrogen and oxygen atoms in total. The van der Waals surface area contributed by atoms with Crippen LogP contribution in [-0.4, -0.2) is 34.9 Å². The lowest BCUT2D eigenvalue weighted by molar-refractivity contribution is -0.123. The lowest BCUT2D eigenvalue weighted by Gasteiger charge is -2.19. The van der Waals surface area contributed by atoms with Gasteiger partial charge in [0, 0.05) is 6.42 Å². The summed E-state index contributed by atoms with van der Waals surface area (Å²) in [4.78, 5) is 12.4. The summed E-state index contributed by atoms with van der Waals surface area (Å²) in [6.07, 6.45) is 60.9. The maximum atomic E-state index is 12.4. The van der Waals surface area contributed by atoms with Crippen molar-refractivity contribution in [1.29, 1.82) is 0 Å². The molecule has 0 heterocycles. The highest BCUT2D eigenvalue weighted by Crippen LogP contribution is 2.14. The van der Waals surface area contributed by atoms with Crippen molar-refractivity contribution in [2.75, 3.05) is 6.61 Å². The monoisotopic (exact) mass is 742 g/mol. The molecule has 2 atom stereocenters. The van der Waals surface area contributed by atoms with Crippen molar-refractivity contribution in [2.24, 2.45) is 0 Å². The van der Waals surface area contributed by atoms with Crippen LogP contribution in [0.2, 0.25) is 0 Å². The number of hydrogen-bond donors (Lipinski definition) is 3. The van der Waals surface area contributed by atoms with Crippen molar-refractivity contribution in [2.45, 2.75) is 251 Å². The first-order valence-corrected chi connectivity index (χ1v) is 23.4. The van der Waals surface area contributed by atoms with Gasteiger partial charge in [0.15, 0.2) is 0 Å². The van der Waals surface area contributed by atoms with E-state index in [1.807, 2.05) is 6.08 Å². The zero-order chi connectivity index (χ0) is 38.6. The Morgan fingerprint density at radius 3 is 1.09 bits per heavy atom. The molecule has 1 amide bonds. The van der Waals surface area contributed by atoms with Crippen LogP contribution in [0.1, 0.15) is 239 Å². The van der Waals surface area contributed by atoms with E-state index in [1.165, 1.54) is 180 Å². The molecule has 0 aromatic rings. The quantitative estimate of drug-likeness (QED) is 0.0431. The zero-order valence-electron chi connectivity index (χ0n) is 35.5. The second-order valence-corrected chi connectivity index (χ2v) is 15.8. The predicted octanol–water partition coefficient (Wildman–Crippen LogP) is 14.7. The fourth-order valence-electron chi connectivity index (χ4n) is 6.91. The van der Waals surface area contributed by atoms with Crippen molar-refractivity contribution in [3.8, 4) is 0 Å². The van der Waals surface area contributed by atoms with E-state index in [1.54, 1.807) is 6.08 Å². The third kappa shape index (κ3) is 41.4. The molecule has 310 valence electrons. The molecular weight excluding hydrogens is 651 g/mol. The maximum Gasteiger partial charge on any atom is 0.220 e. The number of rotatable bonds is 42. The standard InChI is InChI=1S/C49H91NO3/c1-3-5-7-9-11-13-15-17-19-21-22-23-24-25-26-27-29-31-33-35-37-39-41-43-45-49(53)50-47(46-51)48(52)44-42-40-38-36-34-32-30-28-20-18-16-14-12-10-8-6-4-2/h20,25-26,28,34,36,42,44,47-48,51-52H,3-19,21-24,27,29-33,35,37-41,43,45-46H2,1-2H3,(H,50,53)/b26-25-,28-20+,36-34+,44-42+. The smallest absolute Gasteiger partial charge is 0.220 e. The highest BCUT2D eigenvalue weighted by molar-refractivity contribution is 5.76. The van der Waals surface area contributed by atoms with Gasteiger partial charge in [0.2, 0.25) is 5.91 Å². The van der Waals surface area contributed by atoms with Crippen LogP contribution < -0.4 is 5.32 Å². The molecule has 0 spiro atoms. The summed E-state index contributed by atoms with van der Waals surface area (Å²) in [6.45, 7) is 4.29. The molecule has 0 aliphatic heterocycles. The summed E-state index contributed by atoms with van der Waals surface area (Å²) in [5.74, 6) is -0.0808. The Morgan fingerprint density at radius 1 is 0.434 bits per heavy atom. The van der Waals surface area contributed by atoms with Gasteiger partial charge in [0.05, 0.1) is 18.8 Å². The largest absolute Gasteiger partial charge is 0.394 e. The number of hydrogen-bond acceptors (Lipinski definition) is 3. The van der Waals surface area contributed by atoms with Gasteiger partial charge < -0.3 is 15.5 Å². The van der Waals surface area contributed by atoms with Gasteiger partial charge in [-0.2, -0.15) is 0 Å². The van der Waals surface area contributed by atoms with Gasteiger partial charge in [-0.15, -0.1) is 0 Å². The molecule has 0 radical (unpaired) electrons. The normalized spacial score (nSPS) is 13.4. The van der Waals surface area contributed by atoms with Crippen LogP contribution in [0.5, 0.6) is 0 Å². The van der Waals surface area contributed by atoms with E-state index < -0.39 is 12.1 Å². The average Bonchev–Trinajstić information content (AvgIpc) is 3.16. The van der Waals surface area contributed by atoms with Crippen molar-refractivity contribution in [1.82, 2.24) is 5.32 Å². The van der Waals surface area contributed by atoms with Crippen LogP contribution in [0.4, 0.5) is 0 Å². The molecule has 0 aliphatic carbocycles. The SMILES string of the molecule is CCCCCCCCC/C=C/CC/C=C/CC/C=C/C(O)C(CO)NC(=O)CCCCCCCCCC/C=C\CCCCCCCCCCCCCC. The van der Waals surface area contributed by atoms with E-state index in [4.69, 9.17) is 0 Å². The number of allylic oxidation sites excluding steroid dienone is 7. The summed E-state index contributed by atoms with van der Waals surface area (Å²) >= 11 is 0. The van der Waals surface area contributed by atoms with E-state index in [0.29, 0.717) is 6.42 Å². The lowest BCUT2D eigenvalue weighted by atomic mass is 10.0. The Hall–Kier alpha value is -1.65. The highest BCUT2D eigenvalue weighted by Gasteiger charge is 2.17. The fourth-order valence-corrected chi connectivity index (χ4v) is 6.91. The van der Waals surface area contributed by atoms with Crippen molar-refractivity contribution >= 4 is 5.91 Å². The van der Waals surface area contributed by atoms with Crippen molar-refractivity contribution < 1.29 is 15.0 Å². The van der Waals surface area contributed by atoms with Gasteiger partial charge >= 0.3 is 0 Å². The van der Waals surface area contributed by atoms with Crippen LogP contribution in [0.25, 0.3) is 0 Å². The molecule has 0 aliphatic rings. The molecule has 0 bridgehead atoms. The van der Waals surface area contributed by atoms with E-state index in [-0.39, 0.29) is 12.5 Å².